The van der Waals surface area contributed by atoms with E-state index in [4.69, 9.17) is 4.74 Å². The number of hydrogen-bond donors (Lipinski definition) is 1. The van der Waals surface area contributed by atoms with Crippen molar-refractivity contribution in [2.75, 3.05) is 13.2 Å². The molecule has 0 aromatic heterocycles. The van der Waals surface area contributed by atoms with Crippen molar-refractivity contribution in [2.45, 2.75) is 31.1 Å². The van der Waals surface area contributed by atoms with Gasteiger partial charge < -0.3 is 4.74 Å². The maximum Gasteiger partial charge on any atom is 0.323 e. The van der Waals surface area contributed by atoms with Crippen LogP contribution in [0.1, 0.15) is 36.7 Å². The lowest BCUT2D eigenvalue weighted by molar-refractivity contribution is -0.571. The number of amides is 1. The van der Waals surface area contributed by atoms with Crippen molar-refractivity contribution >= 4 is 34.5 Å². The molecule has 2 N–H and O–H groups in total. The van der Waals surface area contributed by atoms with E-state index in [1.54, 1.807) is 5.32 Å². The molecule has 1 rings (SSSR count). The molecule has 0 fully saturated rings. The Morgan fingerprint density at radius 1 is 1.24 bits per heavy atom. The number of quaternary nitrogens is 1. The molecule has 21 heavy (non-hydrogen) atoms. The van der Waals surface area contributed by atoms with Gasteiger partial charge in [-0.3, -0.25) is 10.1 Å². The summed E-state index contributed by atoms with van der Waals surface area (Å²) in [5, 5.41) is 1.61. The van der Waals surface area contributed by atoms with Crippen molar-refractivity contribution in [2.24, 2.45) is 5.41 Å². The van der Waals surface area contributed by atoms with Gasteiger partial charge in [0.2, 0.25) is 0 Å². The van der Waals surface area contributed by atoms with Gasteiger partial charge in [-0.2, -0.15) is 0 Å². The van der Waals surface area contributed by atoms with Crippen LogP contribution in [0.3, 0.4) is 0 Å². The van der Waals surface area contributed by atoms with Crippen molar-refractivity contribution in [3.63, 3.8) is 0 Å². The first-order valence-electron chi connectivity index (χ1n) is 7.01. The van der Waals surface area contributed by atoms with E-state index in [-0.39, 0.29) is 27.8 Å². The van der Waals surface area contributed by atoms with Crippen molar-refractivity contribution < 1.29 is 19.6 Å². The van der Waals surface area contributed by atoms with Gasteiger partial charge in [0.05, 0.1) is 6.42 Å². The fraction of sp³-hybridized carbons (Fsp3) is 0.500. The van der Waals surface area contributed by atoms with E-state index in [9.17, 15) is 9.59 Å². The summed E-state index contributed by atoms with van der Waals surface area (Å²) >= 11 is 2.06. The predicted octanol–water partition coefficient (Wildman–Crippen LogP) is 2.23. The SMILES string of the molecule is CC(C)(C)CC(=O)[NH2+]CCOC(=O)C(I)c1ccccc1. The number of carbonyl (C=O) groups excluding carboxylic acids is 2. The van der Waals surface area contributed by atoms with Crippen molar-refractivity contribution in [3.05, 3.63) is 35.9 Å². The molecule has 5 heteroatoms. The lowest BCUT2D eigenvalue weighted by atomic mass is 9.92. The molecule has 0 saturated carbocycles. The molecule has 0 heterocycles. The monoisotopic (exact) mass is 404 g/mol. The zero-order valence-corrected chi connectivity index (χ0v) is 14.9. The number of nitrogens with two attached hydrogens (primary N) is 1. The van der Waals surface area contributed by atoms with Crippen molar-refractivity contribution in [1.82, 2.24) is 0 Å². The molecule has 0 aliphatic heterocycles. The van der Waals surface area contributed by atoms with E-state index in [1.807, 2.05) is 51.1 Å². The quantitative estimate of drug-likeness (QED) is 0.343. The van der Waals surface area contributed by atoms with Crippen LogP contribution in [-0.4, -0.2) is 25.0 Å². The number of ether oxygens (including phenoxy) is 1. The summed E-state index contributed by atoms with van der Waals surface area (Å²) in [7, 11) is 0. The summed E-state index contributed by atoms with van der Waals surface area (Å²) in [6.07, 6.45) is 0.514. The Labute approximate surface area is 139 Å². The zero-order valence-electron chi connectivity index (χ0n) is 12.8. The van der Waals surface area contributed by atoms with Crippen LogP contribution in [0.15, 0.2) is 30.3 Å². The van der Waals surface area contributed by atoms with Gasteiger partial charge in [0, 0.05) is 0 Å². The van der Waals surface area contributed by atoms with Gasteiger partial charge >= 0.3 is 11.9 Å². The second kappa shape index (κ2) is 8.48. The van der Waals surface area contributed by atoms with E-state index in [1.165, 1.54) is 0 Å². The standard InChI is InChI=1S/C16H22INO3/c1-16(2,3)11-13(19)18-9-10-21-15(20)14(17)12-7-5-4-6-8-12/h4-8,14H,9-11H2,1-3H3,(H,18,19)/p+1. The maximum absolute atomic E-state index is 11.9. The van der Waals surface area contributed by atoms with Gasteiger partial charge in [-0.25, -0.2) is 4.79 Å². The van der Waals surface area contributed by atoms with Gasteiger partial charge in [-0.15, -0.1) is 0 Å². The first-order valence-corrected chi connectivity index (χ1v) is 8.26. The average molecular weight is 404 g/mol. The van der Waals surface area contributed by atoms with Crippen LogP contribution < -0.4 is 5.32 Å². The number of carbonyl (C=O) groups is 2. The first-order chi connectivity index (χ1) is 9.79. The molecule has 0 radical (unpaired) electrons. The lowest BCUT2D eigenvalue weighted by Crippen LogP contribution is -2.89. The van der Waals surface area contributed by atoms with Crippen molar-refractivity contribution in [3.8, 4) is 0 Å². The summed E-state index contributed by atoms with van der Waals surface area (Å²) in [5.41, 5.74) is 0.918. The Kier molecular flexibility index (Phi) is 7.31. The Morgan fingerprint density at radius 3 is 2.43 bits per heavy atom. The van der Waals surface area contributed by atoms with Crippen LogP contribution in [0.25, 0.3) is 0 Å². The molecule has 1 amide bonds. The first kappa shape index (κ1) is 18.1. The zero-order chi connectivity index (χ0) is 15.9. The van der Waals surface area contributed by atoms with E-state index in [2.05, 4.69) is 22.6 Å². The predicted molar refractivity (Wildman–Crippen MR) is 90.0 cm³/mol. The molecule has 0 aliphatic rings. The Bertz CT molecular complexity index is 468. The summed E-state index contributed by atoms with van der Waals surface area (Å²) < 4.78 is 4.90. The van der Waals surface area contributed by atoms with Gasteiger partial charge in [-0.1, -0.05) is 73.7 Å². The van der Waals surface area contributed by atoms with E-state index >= 15 is 0 Å². The highest BCUT2D eigenvalue weighted by atomic mass is 127. The van der Waals surface area contributed by atoms with Gasteiger partial charge in [0.25, 0.3) is 0 Å². The molecule has 1 unspecified atom stereocenters. The number of halogens is 1. The van der Waals surface area contributed by atoms with E-state index in [0.717, 1.165) is 5.56 Å². The second-order valence-corrected chi connectivity index (χ2v) is 7.38. The molecule has 116 valence electrons. The van der Waals surface area contributed by atoms with E-state index in [0.29, 0.717) is 13.0 Å². The summed E-state index contributed by atoms with van der Waals surface area (Å²) in [6, 6.07) is 9.50. The highest BCUT2D eigenvalue weighted by Gasteiger charge is 2.20. The minimum Gasteiger partial charge on any atom is -0.459 e. The fourth-order valence-corrected chi connectivity index (χ4v) is 2.40. The number of esters is 1. The summed E-state index contributed by atoms with van der Waals surface area (Å²) in [6.45, 7) is 6.80. The number of primary amides is 1. The Balaban J connectivity index is 2.27. The minimum absolute atomic E-state index is 0.00905. The van der Waals surface area contributed by atoms with Gasteiger partial charge in [-0.05, 0) is 11.0 Å². The third-order valence-electron chi connectivity index (χ3n) is 2.74. The summed E-state index contributed by atoms with van der Waals surface area (Å²) in [5.74, 6) is -0.161. The third-order valence-corrected chi connectivity index (χ3v) is 3.97. The maximum atomic E-state index is 11.9. The smallest absolute Gasteiger partial charge is 0.323 e. The number of hydrogen-bond acceptors (Lipinski definition) is 3. The van der Waals surface area contributed by atoms with Crippen LogP contribution in [0.4, 0.5) is 0 Å². The lowest BCUT2D eigenvalue weighted by Gasteiger charge is -2.15. The largest absolute Gasteiger partial charge is 0.459 e. The molecule has 0 aliphatic carbocycles. The molecular formula is C16H23INO3+. The van der Waals surface area contributed by atoms with Gasteiger partial charge in [0.1, 0.15) is 17.1 Å². The van der Waals surface area contributed by atoms with Crippen LogP contribution in [0.5, 0.6) is 0 Å². The molecule has 1 aromatic carbocycles. The van der Waals surface area contributed by atoms with Crippen LogP contribution >= 0.6 is 22.6 Å². The van der Waals surface area contributed by atoms with Gasteiger partial charge in [0.15, 0.2) is 0 Å². The normalized spacial score (nSPS) is 12.8. The molecule has 0 spiro atoms. The molecule has 1 aromatic rings. The fourth-order valence-electron chi connectivity index (χ4n) is 1.81. The number of rotatable bonds is 6. The third kappa shape index (κ3) is 7.57. The topological polar surface area (TPSA) is 60.0 Å². The average Bonchev–Trinajstić information content (AvgIpc) is 2.41. The van der Waals surface area contributed by atoms with Crippen LogP contribution in [0, 0.1) is 5.41 Å². The van der Waals surface area contributed by atoms with E-state index < -0.39 is 0 Å². The molecule has 1 atom stereocenters. The highest BCUT2D eigenvalue weighted by molar-refractivity contribution is 14.1. The Morgan fingerprint density at radius 2 is 1.86 bits per heavy atom. The highest BCUT2D eigenvalue weighted by Crippen LogP contribution is 2.24. The minimum atomic E-state index is -0.311. The van der Waals surface area contributed by atoms with Crippen LogP contribution in [0.2, 0.25) is 0 Å². The Hall–Kier alpha value is -0.950. The second-order valence-electron chi connectivity index (χ2n) is 6.14. The number of benzene rings is 1. The molecule has 0 bridgehead atoms. The molecule has 4 nitrogen and oxygen atoms in total. The molecular weight excluding hydrogens is 381 g/mol. The molecule has 0 saturated heterocycles. The number of alkyl halides is 1. The summed E-state index contributed by atoms with van der Waals surface area (Å²) in [4.78, 5) is 23.5. The van der Waals surface area contributed by atoms with Crippen molar-refractivity contribution in [1.29, 1.82) is 0 Å². The van der Waals surface area contributed by atoms with Crippen LogP contribution in [-0.2, 0) is 14.3 Å².